The van der Waals surface area contributed by atoms with Gasteiger partial charge in [-0.1, -0.05) is 41.4 Å². The van der Waals surface area contributed by atoms with E-state index in [0.717, 1.165) is 40.5 Å². The standard InChI is InChI=1S/C24H25ClF3N3O4S/c1-4-5-6-20(19(32)9-10-34-30-14(2)3)35-16-7-8-18-21(12-16)36-23(33)31(18)22-17(25)11-15(13-29-22)24(26,27)28/h7-8,11-13,20H,4-6,9-10H2,1-3H3. The van der Waals surface area contributed by atoms with Crippen molar-refractivity contribution in [1.82, 2.24) is 9.55 Å². The summed E-state index contributed by atoms with van der Waals surface area (Å²) in [4.78, 5) is 33.9. The zero-order chi connectivity index (χ0) is 26.5. The first-order valence-electron chi connectivity index (χ1n) is 11.2. The Morgan fingerprint density at radius 2 is 2.03 bits per heavy atom. The lowest BCUT2D eigenvalue weighted by Gasteiger charge is -2.18. The van der Waals surface area contributed by atoms with Crippen LogP contribution in [0, 0.1) is 0 Å². The molecule has 1 atom stereocenters. The number of Topliss-reactive ketones (excluding diaryl/α,β-unsaturated/α-hetero) is 1. The van der Waals surface area contributed by atoms with Crippen LogP contribution in [0.15, 0.2) is 40.4 Å². The molecular formula is C24H25ClF3N3O4S. The molecule has 0 aliphatic heterocycles. The third-order valence-corrected chi connectivity index (χ3v) is 6.24. The zero-order valence-corrected chi connectivity index (χ0v) is 21.5. The molecule has 194 valence electrons. The van der Waals surface area contributed by atoms with Gasteiger partial charge in [0.2, 0.25) is 0 Å². The lowest BCUT2D eigenvalue weighted by atomic mass is 10.1. The average molecular weight is 544 g/mol. The lowest BCUT2D eigenvalue weighted by molar-refractivity contribution is -0.137. The van der Waals surface area contributed by atoms with Crippen molar-refractivity contribution in [3.63, 3.8) is 0 Å². The summed E-state index contributed by atoms with van der Waals surface area (Å²) in [7, 11) is 0. The molecule has 0 spiro atoms. The summed E-state index contributed by atoms with van der Waals surface area (Å²) in [5.41, 5.74) is 0.140. The molecule has 0 amide bonds. The van der Waals surface area contributed by atoms with Crippen molar-refractivity contribution in [2.45, 2.75) is 58.7 Å². The van der Waals surface area contributed by atoms with Gasteiger partial charge in [-0.2, -0.15) is 13.2 Å². The van der Waals surface area contributed by atoms with E-state index in [0.29, 0.717) is 28.6 Å². The normalized spacial score (nSPS) is 12.4. The average Bonchev–Trinajstić information content (AvgIpc) is 3.13. The molecule has 0 N–H and O–H groups in total. The fourth-order valence-corrected chi connectivity index (χ4v) is 4.50. The van der Waals surface area contributed by atoms with E-state index in [1.54, 1.807) is 32.0 Å². The Balaban J connectivity index is 1.85. The summed E-state index contributed by atoms with van der Waals surface area (Å²) < 4.78 is 46.5. The van der Waals surface area contributed by atoms with Crippen LogP contribution in [0.2, 0.25) is 5.02 Å². The number of halogens is 4. The number of thiazole rings is 1. The Kier molecular flexibility index (Phi) is 9.13. The highest BCUT2D eigenvalue weighted by Gasteiger charge is 2.32. The molecular weight excluding hydrogens is 519 g/mol. The number of fused-ring (bicyclic) bond motifs is 1. The summed E-state index contributed by atoms with van der Waals surface area (Å²) in [6.07, 6.45) is -2.34. The molecule has 3 rings (SSSR count). The van der Waals surface area contributed by atoms with Crippen LogP contribution in [-0.4, -0.2) is 33.8 Å². The van der Waals surface area contributed by atoms with Gasteiger partial charge in [-0.25, -0.2) is 9.55 Å². The number of nitrogens with zero attached hydrogens (tertiary/aromatic N) is 3. The molecule has 7 nitrogen and oxygen atoms in total. The summed E-state index contributed by atoms with van der Waals surface area (Å²) in [5.74, 6) is 0.162. The van der Waals surface area contributed by atoms with E-state index >= 15 is 0 Å². The fraction of sp³-hybridized carbons (Fsp3) is 0.417. The van der Waals surface area contributed by atoms with Crippen LogP contribution in [0.3, 0.4) is 0 Å². The largest absolute Gasteiger partial charge is 0.483 e. The Bertz CT molecular complexity index is 1320. The number of unbranched alkanes of at least 4 members (excludes halogenated alkanes) is 1. The molecule has 2 aromatic heterocycles. The molecule has 0 fully saturated rings. The molecule has 1 unspecified atom stereocenters. The molecule has 0 radical (unpaired) electrons. The molecule has 0 bridgehead atoms. The third-order valence-electron chi connectivity index (χ3n) is 5.06. The maximum absolute atomic E-state index is 13.0. The van der Waals surface area contributed by atoms with Gasteiger partial charge in [0.05, 0.1) is 26.5 Å². The number of pyridine rings is 1. The maximum atomic E-state index is 13.0. The van der Waals surface area contributed by atoms with Crippen molar-refractivity contribution in [1.29, 1.82) is 0 Å². The number of ether oxygens (including phenoxy) is 1. The van der Waals surface area contributed by atoms with Gasteiger partial charge in [0.25, 0.3) is 0 Å². The number of oxime groups is 1. The Morgan fingerprint density at radius 3 is 2.67 bits per heavy atom. The fourth-order valence-electron chi connectivity index (χ4n) is 3.34. The second-order valence-electron chi connectivity index (χ2n) is 8.20. The molecule has 1 aromatic carbocycles. The van der Waals surface area contributed by atoms with Crippen molar-refractivity contribution in [3.8, 4) is 11.6 Å². The van der Waals surface area contributed by atoms with Crippen LogP contribution in [-0.2, 0) is 15.8 Å². The topological polar surface area (TPSA) is 82.8 Å². The third kappa shape index (κ3) is 6.85. The predicted octanol–water partition coefficient (Wildman–Crippen LogP) is 6.43. The van der Waals surface area contributed by atoms with Crippen molar-refractivity contribution in [2.24, 2.45) is 5.16 Å². The van der Waals surface area contributed by atoms with Gasteiger partial charge >= 0.3 is 11.0 Å². The van der Waals surface area contributed by atoms with Crippen LogP contribution in [0.25, 0.3) is 16.0 Å². The van der Waals surface area contributed by atoms with Crippen molar-refractivity contribution in [3.05, 3.63) is 50.7 Å². The van der Waals surface area contributed by atoms with E-state index < -0.39 is 22.7 Å². The number of hydrogen-bond acceptors (Lipinski definition) is 7. The first-order chi connectivity index (χ1) is 17.0. The molecule has 36 heavy (non-hydrogen) atoms. The van der Waals surface area contributed by atoms with E-state index in [4.69, 9.17) is 21.2 Å². The van der Waals surface area contributed by atoms with Gasteiger partial charge in [-0.05, 0) is 51.0 Å². The number of benzene rings is 1. The van der Waals surface area contributed by atoms with Gasteiger partial charge in [0, 0.05) is 12.6 Å². The zero-order valence-electron chi connectivity index (χ0n) is 19.9. The molecule has 0 aliphatic carbocycles. The van der Waals surface area contributed by atoms with Crippen molar-refractivity contribution in [2.75, 3.05) is 6.61 Å². The van der Waals surface area contributed by atoms with Gasteiger partial charge in [0.15, 0.2) is 17.7 Å². The van der Waals surface area contributed by atoms with Gasteiger partial charge < -0.3 is 9.57 Å². The summed E-state index contributed by atoms with van der Waals surface area (Å²) >= 11 is 6.92. The minimum Gasteiger partial charge on any atom is -0.483 e. The molecule has 0 aliphatic rings. The minimum absolute atomic E-state index is 0.101. The quantitative estimate of drug-likeness (QED) is 0.158. The highest BCUT2D eigenvalue weighted by atomic mass is 35.5. The number of alkyl halides is 3. The van der Waals surface area contributed by atoms with E-state index in [2.05, 4.69) is 10.1 Å². The number of aromatic nitrogens is 2. The highest BCUT2D eigenvalue weighted by Crippen LogP contribution is 2.33. The molecule has 0 saturated heterocycles. The second-order valence-corrected chi connectivity index (χ2v) is 9.60. The Labute approximate surface area is 214 Å². The molecule has 3 aromatic rings. The van der Waals surface area contributed by atoms with E-state index in [9.17, 15) is 22.8 Å². The van der Waals surface area contributed by atoms with Crippen LogP contribution < -0.4 is 9.61 Å². The van der Waals surface area contributed by atoms with Crippen molar-refractivity contribution >= 4 is 44.6 Å². The minimum atomic E-state index is -4.61. The maximum Gasteiger partial charge on any atom is 0.417 e. The number of carbonyl (C=O) groups is 1. The van der Waals surface area contributed by atoms with Crippen LogP contribution in [0.1, 0.15) is 52.0 Å². The number of carbonyl (C=O) groups excluding carboxylic acids is 1. The summed E-state index contributed by atoms with van der Waals surface area (Å²) in [5, 5.41) is 3.51. The first kappa shape index (κ1) is 27.7. The van der Waals surface area contributed by atoms with Crippen molar-refractivity contribution < 1.29 is 27.5 Å². The number of hydrogen-bond donors (Lipinski definition) is 0. The van der Waals surface area contributed by atoms with Crippen LogP contribution in [0.4, 0.5) is 13.2 Å². The highest BCUT2D eigenvalue weighted by molar-refractivity contribution is 7.16. The van der Waals surface area contributed by atoms with E-state index in [-0.39, 0.29) is 29.7 Å². The predicted molar refractivity (Wildman–Crippen MR) is 134 cm³/mol. The summed E-state index contributed by atoms with van der Waals surface area (Å²) in [6.45, 7) is 5.72. The lowest BCUT2D eigenvalue weighted by Crippen LogP contribution is -2.28. The monoisotopic (exact) mass is 543 g/mol. The van der Waals surface area contributed by atoms with Gasteiger partial charge in [0.1, 0.15) is 12.4 Å². The van der Waals surface area contributed by atoms with Gasteiger partial charge in [-0.3, -0.25) is 9.59 Å². The van der Waals surface area contributed by atoms with Crippen LogP contribution in [0.5, 0.6) is 5.75 Å². The number of ketones is 1. The molecule has 0 saturated carbocycles. The summed E-state index contributed by atoms with van der Waals surface area (Å²) in [6, 6.07) is 5.53. The van der Waals surface area contributed by atoms with Gasteiger partial charge in [-0.15, -0.1) is 0 Å². The molecule has 12 heteroatoms. The van der Waals surface area contributed by atoms with E-state index in [1.165, 1.54) is 0 Å². The Hall–Kier alpha value is -2.92. The van der Waals surface area contributed by atoms with Crippen LogP contribution >= 0.6 is 22.9 Å². The number of rotatable bonds is 11. The SMILES string of the molecule is CCCCC(Oc1ccc2c(c1)sc(=O)n2-c1ncc(C(F)(F)F)cc1Cl)C(=O)CCON=C(C)C. The molecule has 2 heterocycles. The van der Waals surface area contributed by atoms with E-state index in [1.807, 2.05) is 6.92 Å². The first-order valence-corrected chi connectivity index (χ1v) is 12.4. The smallest absolute Gasteiger partial charge is 0.417 e. The second kappa shape index (κ2) is 11.9. The Morgan fingerprint density at radius 1 is 1.28 bits per heavy atom.